The maximum atomic E-state index is 13.1. The van der Waals surface area contributed by atoms with Gasteiger partial charge in [-0.25, -0.2) is 13.4 Å². The van der Waals surface area contributed by atoms with Crippen LogP contribution in [0.2, 0.25) is 0 Å². The Labute approximate surface area is 183 Å². The van der Waals surface area contributed by atoms with Gasteiger partial charge in [0, 0.05) is 18.0 Å². The number of nitrogens with zero attached hydrogens (tertiary/aromatic N) is 4. The van der Waals surface area contributed by atoms with Crippen molar-refractivity contribution in [3.8, 4) is 5.88 Å². The number of aromatic nitrogens is 4. The fourth-order valence-corrected chi connectivity index (χ4v) is 5.49. The highest BCUT2D eigenvalue weighted by Crippen LogP contribution is 2.32. The van der Waals surface area contributed by atoms with Crippen LogP contribution < -0.4 is 4.74 Å². The highest BCUT2D eigenvalue weighted by atomic mass is 32.2. The molecule has 0 bridgehead atoms. The van der Waals surface area contributed by atoms with E-state index in [1.54, 1.807) is 12.1 Å². The average Bonchev–Trinajstić information content (AvgIpc) is 3.13. The lowest BCUT2D eigenvalue weighted by Crippen LogP contribution is -2.22. The van der Waals surface area contributed by atoms with Crippen molar-refractivity contribution in [1.29, 1.82) is 0 Å². The van der Waals surface area contributed by atoms with E-state index in [2.05, 4.69) is 35.5 Å². The summed E-state index contributed by atoms with van der Waals surface area (Å²) < 4.78 is 33.5. The highest BCUT2D eigenvalue weighted by Gasteiger charge is 2.27. The average molecular weight is 443 g/mol. The van der Waals surface area contributed by atoms with Crippen molar-refractivity contribution in [2.75, 3.05) is 7.11 Å². The largest absolute Gasteiger partial charge is 0.480 e. The van der Waals surface area contributed by atoms with E-state index in [1.807, 2.05) is 6.07 Å². The maximum absolute atomic E-state index is 13.1. The molecule has 0 amide bonds. The Balaban J connectivity index is 1.76. The molecule has 7 nitrogen and oxygen atoms in total. The lowest BCUT2D eigenvalue weighted by Gasteiger charge is -2.26. The molecule has 4 rings (SSSR count). The molecule has 0 unspecified atom stereocenters. The van der Waals surface area contributed by atoms with Crippen molar-refractivity contribution in [3.05, 3.63) is 36.2 Å². The van der Waals surface area contributed by atoms with Gasteiger partial charge in [-0.15, -0.1) is 10.2 Å². The molecule has 1 saturated carbocycles. The van der Waals surface area contributed by atoms with Crippen LogP contribution in [-0.2, 0) is 21.8 Å². The molecule has 31 heavy (non-hydrogen) atoms. The lowest BCUT2D eigenvalue weighted by molar-refractivity contribution is 0.313. The monoisotopic (exact) mass is 442 g/mol. The molecule has 0 spiro atoms. The van der Waals surface area contributed by atoms with Gasteiger partial charge in [-0.2, -0.15) is 0 Å². The van der Waals surface area contributed by atoms with Crippen LogP contribution in [0.1, 0.15) is 58.7 Å². The summed E-state index contributed by atoms with van der Waals surface area (Å²) in [6, 6.07) is 8.09. The van der Waals surface area contributed by atoms with Crippen LogP contribution in [-0.4, -0.2) is 35.3 Å². The minimum Gasteiger partial charge on any atom is -0.480 e. The predicted molar refractivity (Wildman–Crippen MR) is 119 cm³/mol. The summed E-state index contributed by atoms with van der Waals surface area (Å²) in [4.78, 5) is 5.06. The van der Waals surface area contributed by atoms with Gasteiger partial charge >= 0.3 is 0 Å². The fraction of sp³-hybridized carbons (Fsp3) is 0.522. The second-order valence-electron chi connectivity index (χ2n) is 9.37. The number of hydrogen-bond acceptors (Lipinski definition) is 6. The summed E-state index contributed by atoms with van der Waals surface area (Å²) in [5.41, 5.74) is 1.53. The van der Waals surface area contributed by atoms with E-state index >= 15 is 0 Å². The summed E-state index contributed by atoms with van der Waals surface area (Å²) in [5, 5.41) is 7.52. The van der Waals surface area contributed by atoms with E-state index in [4.69, 9.17) is 9.72 Å². The van der Waals surface area contributed by atoms with Crippen molar-refractivity contribution < 1.29 is 13.2 Å². The fourth-order valence-electron chi connectivity index (χ4n) is 4.34. The number of benzene rings is 1. The number of imidazole rings is 1. The molecular formula is C23H30N4O3S. The molecule has 0 saturated heterocycles. The SMILES string of the molecule is COc1ccc(S(=O)(=O)c2ccc3c(c2)nc(C(C)(C)C)n3CC2CCCCC2)nn1. The molecule has 0 radical (unpaired) electrons. The summed E-state index contributed by atoms with van der Waals surface area (Å²) in [6.07, 6.45) is 6.38. The Morgan fingerprint density at radius 2 is 1.81 bits per heavy atom. The molecule has 3 aromatic rings. The van der Waals surface area contributed by atoms with Crippen LogP contribution >= 0.6 is 0 Å². The van der Waals surface area contributed by atoms with Crippen LogP contribution in [0.25, 0.3) is 11.0 Å². The number of sulfone groups is 1. The third-order valence-corrected chi connectivity index (χ3v) is 7.61. The van der Waals surface area contributed by atoms with Crippen molar-refractivity contribution in [2.24, 2.45) is 5.92 Å². The molecule has 0 N–H and O–H groups in total. The molecule has 166 valence electrons. The van der Waals surface area contributed by atoms with E-state index in [0.717, 1.165) is 17.9 Å². The number of fused-ring (bicyclic) bond motifs is 1. The Morgan fingerprint density at radius 1 is 1.06 bits per heavy atom. The molecule has 1 aromatic carbocycles. The minimum absolute atomic E-state index is 0.106. The van der Waals surface area contributed by atoms with E-state index in [1.165, 1.54) is 51.3 Å². The van der Waals surface area contributed by atoms with Gasteiger partial charge in [-0.1, -0.05) is 40.0 Å². The van der Waals surface area contributed by atoms with Crippen molar-refractivity contribution in [2.45, 2.75) is 74.8 Å². The Hall–Kier alpha value is -2.48. The quantitative estimate of drug-likeness (QED) is 0.576. The number of methoxy groups -OCH3 is 1. The van der Waals surface area contributed by atoms with Crippen LogP contribution in [0, 0.1) is 5.92 Å². The van der Waals surface area contributed by atoms with Gasteiger partial charge in [0.25, 0.3) is 0 Å². The van der Waals surface area contributed by atoms with Gasteiger partial charge < -0.3 is 9.30 Å². The molecule has 8 heteroatoms. The maximum Gasteiger partial charge on any atom is 0.233 e. The first kappa shape index (κ1) is 21.7. The minimum atomic E-state index is -3.80. The van der Waals surface area contributed by atoms with Crippen LogP contribution in [0.3, 0.4) is 0 Å². The van der Waals surface area contributed by atoms with Gasteiger partial charge in [0.15, 0.2) is 5.03 Å². The second kappa shape index (κ2) is 8.22. The van der Waals surface area contributed by atoms with Gasteiger partial charge in [0.1, 0.15) is 5.82 Å². The summed E-state index contributed by atoms with van der Waals surface area (Å²) in [6.45, 7) is 7.38. The zero-order valence-corrected chi connectivity index (χ0v) is 19.4. The van der Waals surface area contributed by atoms with Crippen LogP contribution in [0.4, 0.5) is 0 Å². The topological polar surface area (TPSA) is 87.0 Å². The smallest absolute Gasteiger partial charge is 0.233 e. The molecular weight excluding hydrogens is 412 g/mol. The third kappa shape index (κ3) is 4.31. The van der Waals surface area contributed by atoms with E-state index in [9.17, 15) is 8.42 Å². The molecule has 2 aromatic heterocycles. The standard InChI is InChI=1S/C23H30N4O3S/c1-23(2,3)22-24-18-14-17(31(28,29)21-13-12-20(30-4)25-26-21)10-11-19(18)27(22)15-16-8-6-5-7-9-16/h10-14,16H,5-9,15H2,1-4H3. The first-order chi connectivity index (χ1) is 14.7. The van der Waals surface area contributed by atoms with Gasteiger partial charge in [0.05, 0.1) is 23.0 Å². The lowest BCUT2D eigenvalue weighted by atomic mass is 9.88. The van der Waals surface area contributed by atoms with Gasteiger partial charge in [-0.3, -0.25) is 0 Å². The molecule has 0 aliphatic heterocycles. The van der Waals surface area contributed by atoms with Gasteiger partial charge in [-0.05, 0) is 43.0 Å². The zero-order valence-electron chi connectivity index (χ0n) is 18.6. The molecule has 2 heterocycles. The van der Waals surface area contributed by atoms with Crippen molar-refractivity contribution >= 4 is 20.9 Å². The Morgan fingerprint density at radius 3 is 2.42 bits per heavy atom. The predicted octanol–water partition coefficient (Wildman–Crippen LogP) is 4.55. The molecule has 0 atom stereocenters. The first-order valence-electron chi connectivity index (χ1n) is 10.8. The second-order valence-corrected chi connectivity index (χ2v) is 11.3. The van der Waals surface area contributed by atoms with Crippen molar-refractivity contribution in [3.63, 3.8) is 0 Å². The molecule has 1 aliphatic rings. The molecule has 1 fully saturated rings. The Kier molecular flexibility index (Phi) is 5.77. The van der Waals surface area contributed by atoms with E-state index < -0.39 is 9.84 Å². The van der Waals surface area contributed by atoms with Gasteiger partial charge in [0.2, 0.25) is 15.7 Å². The summed E-state index contributed by atoms with van der Waals surface area (Å²) >= 11 is 0. The number of hydrogen-bond donors (Lipinski definition) is 0. The summed E-state index contributed by atoms with van der Waals surface area (Å²) in [7, 11) is -2.34. The zero-order chi connectivity index (χ0) is 22.2. The first-order valence-corrected chi connectivity index (χ1v) is 12.3. The van der Waals surface area contributed by atoms with Crippen molar-refractivity contribution in [1.82, 2.24) is 19.7 Å². The van der Waals surface area contributed by atoms with E-state index in [0.29, 0.717) is 11.4 Å². The van der Waals surface area contributed by atoms with Crippen LogP contribution in [0.5, 0.6) is 5.88 Å². The normalized spacial score (nSPS) is 16.0. The number of rotatable bonds is 5. The highest BCUT2D eigenvalue weighted by molar-refractivity contribution is 7.91. The summed E-state index contributed by atoms with van der Waals surface area (Å²) in [5.74, 6) is 1.91. The Bertz CT molecular complexity index is 1170. The van der Waals surface area contributed by atoms with Crippen LogP contribution in [0.15, 0.2) is 40.3 Å². The van der Waals surface area contributed by atoms with E-state index in [-0.39, 0.29) is 21.2 Å². The third-order valence-electron chi connectivity index (χ3n) is 5.97. The number of ether oxygens (including phenoxy) is 1. The molecule has 1 aliphatic carbocycles.